The van der Waals surface area contributed by atoms with E-state index in [4.69, 9.17) is 0 Å². The second-order valence-corrected chi connectivity index (χ2v) is 6.48. The molecule has 0 fully saturated rings. The molecule has 27 heavy (non-hydrogen) atoms. The Morgan fingerprint density at radius 1 is 0.778 bits per heavy atom. The van der Waals surface area contributed by atoms with Crippen LogP contribution in [0.1, 0.15) is 23.0 Å². The molecule has 0 unspecified atom stereocenters. The molecule has 4 aromatic rings. The Balaban J connectivity index is 1.66. The van der Waals surface area contributed by atoms with Crippen molar-refractivity contribution >= 4 is 0 Å². The fraction of sp³-hybridized carbons (Fsp3) is 0.136. The van der Waals surface area contributed by atoms with Gasteiger partial charge in [-0.1, -0.05) is 78.9 Å². The molecule has 0 saturated heterocycles. The fourth-order valence-electron chi connectivity index (χ4n) is 3.36. The van der Waals surface area contributed by atoms with Gasteiger partial charge in [0.1, 0.15) is 0 Å². The van der Waals surface area contributed by atoms with Gasteiger partial charge in [-0.05, 0) is 40.7 Å². The van der Waals surface area contributed by atoms with Crippen molar-refractivity contribution in [1.29, 1.82) is 0 Å². The Morgan fingerprint density at radius 3 is 1.85 bits per heavy atom. The van der Waals surface area contributed by atoms with Crippen LogP contribution in [0.4, 0.5) is 0 Å². The largest absolute Gasteiger partial charge is 0.288 e. The van der Waals surface area contributed by atoms with Gasteiger partial charge in [0.25, 0.3) is 0 Å². The first kappa shape index (κ1) is 17.1. The van der Waals surface area contributed by atoms with Crippen molar-refractivity contribution in [2.75, 3.05) is 7.05 Å². The van der Waals surface area contributed by atoms with Crippen LogP contribution in [0.2, 0.25) is 0 Å². The maximum absolute atomic E-state index is 4.26. The van der Waals surface area contributed by atoms with E-state index in [1.807, 2.05) is 42.5 Å². The zero-order valence-corrected chi connectivity index (χ0v) is 15.2. The number of nitrogens with zero attached hydrogens (tertiary/aromatic N) is 5. The van der Waals surface area contributed by atoms with Crippen molar-refractivity contribution in [1.82, 2.24) is 25.1 Å². The maximum Gasteiger partial charge on any atom is 0.170 e. The van der Waals surface area contributed by atoms with Gasteiger partial charge in [0.15, 0.2) is 5.82 Å². The highest BCUT2D eigenvalue weighted by Crippen LogP contribution is 2.28. The Morgan fingerprint density at radius 2 is 1.30 bits per heavy atom. The van der Waals surface area contributed by atoms with E-state index in [9.17, 15) is 0 Å². The third-order valence-electron chi connectivity index (χ3n) is 4.60. The van der Waals surface area contributed by atoms with Gasteiger partial charge in [-0.3, -0.25) is 4.90 Å². The van der Waals surface area contributed by atoms with E-state index in [2.05, 4.69) is 76.0 Å². The lowest BCUT2D eigenvalue weighted by Crippen LogP contribution is -2.26. The highest BCUT2D eigenvalue weighted by molar-refractivity contribution is 5.33. The van der Waals surface area contributed by atoms with Crippen LogP contribution in [0, 0.1) is 0 Å². The molecular formula is C22H21N5. The Bertz CT molecular complexity index is 928. The first-order valence-electron chi connectivity index (χ1n) is 8.96. The maximum atomic E-state index is 4.26. The summed E-state index contributed by atoms with van der Waals surface area (Å²) in [5.41, 5.74) is 3.44. The van der Waals surface area contributed by atoms with Crippen LogP contribution in [-0.4, -0.2) is 32.2 Å². The topological polar surface area (TPSA) is 46.8 Å². The van der Waals surface area contributed by atoms with Crippen molar-refractivity contribution in [2.45, 2.75) is 12.6 Å². The lowest BCUT2D eigenvalue weighted by molar-refractivity contribution is 0.261. The number of tetrazole rings is 1. The number of benzene rings is 3. The van der Waals surface area contributed by atoms with E-state index in [1.54, 1.807) is 4.68 Å². The van der Waals surface area contributed by atoms with E-state index in [-0.39, 0.29) is 6.04 Å². The number of aromatic nitrogens is 4. The molecule has 5 heteroatoms. The van der Waals surface area contributed by atoms with E-state index >= 15 is 0 Å². The SMILES string of the molecule is CN(Cc1nnnn1-c1ccccc1)C(c1ccccc1)c1ccccc1. The predicted octanol–water partition coefficient (Wildman–Crippen LogP) is 3.88. The molecule has 1 aromatic heterocycles. The van der Waals surface area contributed by atoms with E-state index < -0.39 is 0 Å². The molecule has 134 valence electrons. The minimum absolute atomic E-state index is 0.119. The summed E-state index contributed by atoms with van der Waals surface area (Å²) < 4.78 is 1.80. The lowest BCUT2D eigenvalue weighted by Gasteiger charge is -2.28. The zero-order chi connectivity index (χ0) is 18.5. The summed E-state index contributed by atoms with van der Waals surface area (Å²) >= 11 is 0. The van der Waals surface area contributed by atoms with Gasteiger partial charge in [-0.25, -0.2) is 0 Å². The monoisotopic (exact) mass is 355 g/mol. The first-order valence-corrected chi connectivity index (χ1v) is 8.96. The summed E-state index contributed by atoms with van der Waals surface area (Å²) in [7, 11) is 2.11. The van der Waals surface area contributed by atoms with Gasteiger partial charge in [0.05, 0.1) is 18.3 Å². The number of rotatable bonds is 6. The third kappa shape index (κ3) is 3.78. The van der Waals surface area contributed by atoms with Crippen LogP contribution in [-0.2, 0) is 6.54 Å². The van der Waals surface area contributed by atoms with Crippen molar-refractivity contribution in [2.24, 2.45) is 0 Å². The Kier molecular flexibility index (Phi) is 5.03. The summed E-state index contributed by atoms with van der Waals surface area (Å²) in [6, 6.07) is 31.1. The van der Waals surface area contributed by atoms with E-state index in [0.29, 0.717) is 6.54 Å². The molecule has 1 heterocycles. The number of para-hydroxylation sites is 1. The average molecular weight is 355 g/mol. The number of hydrogen-bond acceptors (Lipinski definition) is 4. The molecule has 0 atom stereocenters. The molecule has 3 aromatic carbocycles. The van der Waals surface area contributed by atoms with Gasteiger partial charge in [-0.2, -0.15) is 4.68 Å². The van der Waals surface area contributed by atoms with Crippen molar-refractivity contribution in [3.8, 4) is 5.69 Å². The summed E-state index contributed by atoms with van der Waals surface area (Å²) in [6.45, 7) is 0.621. The highest BCUT2D eigenvalue weighted by atomic mass is 15.5. The van der Waals surface area contributed by atoms with Crippen molar-refractivity contribution < 1.29 is 0 Å². The van der Waals surface area contributed by atoms with E-state index in [1.165, 1.54) is 11.1 Å². The Labute approximate surface area is 158 Å². The van der Waals surface area contributed by atoms with Crippen molar-refractivity contribution in [3.63, 3.8) is 0 Å². The minimum atomic E-state index is 0.119. The predicted molar refractivity (Wildman–Crippen MR) is 105 cm³/mol. The molecule has 0 aliphatic carbocycles. The summed E-state index contributed by atoms with van der Waals surface area (Å²) in [5.74, 6) is 0.806. The number of hydrogen-bond donors (Lipinski definition) is 0. The summed E-state index contributed by atoms with van der Waals surface area (Å²) in [4.78, 5) is 2.27. The van der Waals surface area contributed by atoms with Gasteiger partial charge in [0, 0.05) is 0 Å². The molecule has 0 N–H and O–H groups in total. The van der Waals surface area contributed by atoms with Crippen LogP contribution < -0.4 is 0 Å². The molecule has 0 aliphatic rings. The molecule has 4 rings (SSSR count). The Hall–Kier alpha value is -3.31. The van der Waals surface area contributed by atoms with Gasteiger partial charge in [0.2, 0.25) is 0 Å². The lowest BCUT2D eigenvalue weighted by atomic mass is 9.97. The third-order valence-corrected chi connectivity index (χ3v) is 4.60. The van der Waals surface area contributed by atoms with Crippen LogP contribution in [0.3, 0.4) is 0 Å². The molecule has 5 nitrogen and oxygen atoms in total. The van der Waals surface area contributed by atoms with Crippen LogP contribution in [0.15, 0.2) is 91.0 Å². The van der Waals surface area contributed by atoms with Crippen LogP contribution >= 0.6 is 0 Å². The fourth-order valence-corrected chi connectivity index (χ4v) is 3.36. The molecule has 0 bridgehead atoms. The zero-order valence-electron chi connectivity index (χ0n) is 15.2. The van der Waals surface area contributed by atoms with Crippen LogP contribution in [0.5, 0.6) is 0 Å². The smallest absolute Gasteiger partial charge is 0.170 e. The molecule has 0 aliphatic heterocycles. The quantitative estimate of drug-likeness (QED) is 0.526. The van der Waals surface area contributed by atoms with Gasteiger partial charge < -0.3 is 0 Å². The average Bonchev–Trinajstić information content (AvgIpc) is 3.18. The standard InChI is InChI=1S/C22H21N5/c1-26(17-21-23-24-25-27(21)20-15-9-4-10-16-20)22(18-11-5-2-6-12-18)19-13-7-3-8-14-19/h2-16,22H,17H2,1H3. The minimum Gasteiger partial charge on any atom is -0.288 e. The van der Waals surface area contributed by atoms with Crippen molar-refractivity contribution in [3.05, 3.63) is 108 Å². The molecule has 0 saturated carbocycles. The molecule has 0 radical (unpaired) electrons. The van der Waals surface area contributed by atoms with Crippen LogP contribution in [0.25, 0.3) is 5.69 Å². The normalized spacial score (nSPS) is 11.2. The molecule has 0 amide bonds. The summed E-state index contributed by atoms with van der Waals surface area (Å²) in [6.07, 6.45) is 0. The van der Waals surface area contributed by atoms with E-state index in [0.717, 1.165) is 11.5 Å². The second-order valence-electron chi connectivity index (χ2n) is 6.48. The first-order chi connectivity index (χ1) is 13.3. The highest BCUT2D eigenvalue weighted by Gasteiger charge is 2.21. The van der Waals surface area contributed by atoms with Gasteiger partial charge in [-0.15, -0.1) is 5.10 Å². The molecular weight excluding hydrogens is 334 g/mol. The molecule has 0 spiro atoms. The van der Waals surface area contributed by atoms with Gasteiger partial charge >= 0.3 is 0 Å². The second kappa shape index (κ2) is 7.93. The summed E-state index contributed by atoms with van der Waals surface area (Å²) in [5, 5.41) is 12.3.